The molecule has 0 fully saturated rings. The SMILES string of the molecule is COC(=O)CC(N)/C=C/S(C)(=O)=O. The summed E-state index contributed by atoms with van der Waals surface area (Å²) >= 11 is 0. The number of rotatable bonds is 4. The lowest BCUT2D eigenvalue weighted by molar-refractivity contribution is -0.140. The molecular formula is C7H13NO4S. The second-order valence-electron chi connectivity index (χ2n) is 2.60. The molecule has 0 aromatic heterocycles. The van der Waals surface area contributed by atoms with Crippen LogP contribution in [0.2, 0.25) is 0 Å². The van der Waals surface area contributed by atoms with Crippen molar-refractivity contribution in [2.24, 2.45) is 5.73 Å². The number of sulfone groups is 1. The predicted molar refractivity (Wildman–Crippen MR) is 48.6 cm³/mol. The molecule has 0 saturated carbocycles. The third-order valence-electron chi connectivity index (χ3n) is 1.20. The molecule has 0 rings (SSSR count). The molecule has 1 unspecified atom stereocenters. The van der Waals surface area contributed by atoms with E-state index in [1.54, 1.807) is 0 Å². The first kappa shape index (κ1) is 12.1. The van der Waals surface area contributed by atoms with Crippen molar-refractivity contribution < 1.29 is 17.9 Å². The highest BCUT2D eigenvalue weighted by Gasteiger charge is 2.06. The van der Waals surface area contributed by atoms with Gasteiger partial charge in [-0.2, -0.15) is 0 Å². The van der Waals surface area contributed by atoms with Gasteiger partial charge in [-0.15, -0.1) is 0 Å². The Hall–Kier alpha value is -0.880. The summed E-state index contributed by atoms with van der Waals surface area (Å²) in [5.74, 6) is -0.467. The monoisotopic (exact) mass is 207 g/mol. The van der Waals surface area contributed by atoms with E-state index in [1.165, 1.54) is 13.2 Å². The average molecular weight is 207 g/mol. The highest BCUT2D eigenvalue weighted by Crippen LogP contribution is 1.95. The highest BCUT2D eigenvalue weighted by atomic mass is 32.2. The molecule has 5 nitrogen and oxygen atoms in total. The smallest absolute Gasteiger partial charge is 0.307 e. The molecule has 13 heavy (non-hydrogen) atoms. The summed E-state index contributed by atoms with van der Waals surface area (Å²) in [6, 6.07) is -0.623. The van der Waals surface area contributed by atoms with Crippen LogP contribution in [0.25, 0.3) is 0 Å². The maximum absolute atomic E-state index is 10.7. The van der Waals surface area contributed by atoms with Crippen LogP contribution in [0.1, 0.15) is 6.42 Å². The van der Waals surface area contributed by atoms with E-state index in [4.69, 9.17) is 5.73 Å². The molecule has 0 saturated heterocycles. The van der Waals surface area contributed by atoms with Crippen LogP contribution < -0.4 is 5.73 Å². The van der Waals surface area contributed by atoms with Gasteiger partial charge in [-0.3, -0.25) is 4.79 Å². The van der Waals surface area contributed by atoms with Crippen LogP contribution >= 0.6 is 0 Å². The van der Waals surface area contributed by atoms with E-state index >= 15 is 0 Å². The fourth-order valence-corrected chi connectivity index (χ4v) is 1.07. The molecule has 0 aliphatic carbocycles. The molecule has 0 radical (unpaired) electrons. The Kier molecular flexibility index (Phi) is 4.64. The molecule has 1 atom stereocenters. The maximum atomic E-state index is 10.7. The number of hydrogen-bond donors (Lipinski definition) is 1. The molecule has 2 N–H and O–H groups in total. The van der Waals surface area contributed by atoms with Crippen molar-refractivity contribution in [1.82, 2.24) is 0 Å². The fourth-order valence-electron chi connectivity index (χ4n) is 0.587. The Bertz CT molecular complexity index is 294. The molecule has 0 amide bonds. The van der Waals surface area contributed by atoms with Gasteiger partial charge in [0.25, 0.3) is 0 Å². The van der Waals surface area contributed by atoms with Gasteiger partial charge in [-0.1, -0.05) is 6.08 Å². The summed E-state index contributed by atoms with van der Waals surface area (Å²) < 4.78 is 25.6. The zero-order chi connectivity index (χ0) is 10.5. The predicted octanol–water partition coefficient (Wildman–Crippen LogP) is -0.565. The van der Waals surface area contributed by atoms with E-state index in [2.05, 4.69) is 4.74 Å². The minimum absolute atomic E-state index is 0.0253. The molecule has 0 aromatic rings. The molecule has 0 aromatic carbocycles. The first-order chi connectivity index (χ1) is 5.85. The molecule has 6 heteroatoms. The van der Waals surface area contributed by atoms with E-state index in [1.807, 2.05) is 0 Å². The van der Waals surface area contributed by atoms with Gasteiger partial charge in [-0.25, -0.2) is 8.42 Å². The number of carbonyl (C=O) groups excluding carboxylic acids is 1. The number of nitrogens with two attached hydrogens (primary N) is 1. The highest BCUT2D eigenvalue weighted by molar-refractivity contribution is 7.93. The average Bonchev–Trinajstić information content (AvgIpc) is 1.99. The van der Waals surface area contributed by atoms with Crippen LogP contribution in [-0.2, 0) is 19.4 Å². The molecule has 0 spiro atoms. The summed E-state index contributed by atoms with van der Waals surface area (Å²) in [4.78, 5) is 10.7. The molecule has 76 valence electrons. The second kappa shape index (κ2) is 4.98. The summed E-state index contributed by atoms with van der Waals surface area (Å²) in [6.45, 7) is 0. The normalized spacial score (nSPS) is 14.4. The quantitative estimate of drug-likeness (QED) is 0.624. The summed E-state index contributed by atoms with van der Waals surface area (Å²) in [6.07, 6.45) is 2.28. The van der Waals surface area contributed by atoms with Gasteiger partial charge in [0, 0.05) is 17.7 Å². The van der Waals surface area contributed by atoms with Crippen LogP contribution in [0.15, 0.2) is 11.5 Å². The van der Waals surface area contributed by atoms with E-state index in [-0.39, 0.29) is 6.42 Å². The van der Waals surface area contributed by atoms with Gasteiger partial charge in [0.05, 0.1) is 13.5 Å². The fraction of sp³-hybridized carbons (Fsp3) is 0.571. The van der Waals surface area contributed by atoms with Gasteiger partial charge >= 0.3 is 5.97 Å². The van der Waals surface area contributed by atoms with Crippen molar-refractivity contribution in [3.8, 4) is 0 Å². The van der Waals surface area contributed by atoms with E-state index < -0.39 is 21.8 Å². The Labute approximate surface area is 77.5 Å². The van der Waals surface area contributed by atoms with Crippen LogP contribution in [0, 0.1) is 0 Å². The molecule has 0 aliphatic heterocycles. The Balaban J connectivity index is 4.09. The van der Waals surface area contributed by atoms with Crippen molar-refractivity contribution in [2.75, 3.05) is 13.4 Å². The molecular weight excluding hydrogens is 194 g/mol. The number of ether oxygens (including phenoxy) is 1. The van der Waals surface area contributed by atoms with Crippen molar-refractivity contribution in [2.45, 2.75) is 12.5 Å². The maximum Gasteiger partial charge on any atom is 0.307 e. The number of methoxy groups -OCH3 is 1. The van der Waals surface area contributed by atoms with Crippen LogP contribution in [0.4, 0.5) is 0 Å². The molecule has 0 bridgehead atoms. The minimum Gasteiger partial charge on any atom is -0.469 e. The molecule has 0 aliphatic rings. The van der Waals surface area contributed by atoms with Crippen molar-refractivity contribution >= 4 is 15.8 Å². The first-order valence-corrected chi connectivity index (χ1v) is 5.51. The zero-order valence-electron chi connectivity index (χ0n) is 7.56. The Morgan fingerprint density at radius 3 is 2.54 bits per heavy atom. The van der Waals surface area contributed by atoms with E-state index in [0.29, 0.717) is 0 Å². The van der Waals surface area contributed by atoms with Gasteiger partial charge < -0.3 is 10.5 Å². The third-order valence-corrected chi connectivity index (χ3v) is 1.85. The van der Waals surface area contributed by atoms with Crippen molar-refractivity contribution in [3.63, 3.8) is 0 Å². The summed E-state index contributed by atoms with van der Waals surface area (Å²) in [5.41, 5.74) is 5.41. The summed E-state index contributed by atoms with van der Waals surface area (Å²) in [5, 5.41) is 0.973. The lowest BCUT2D eigenvalue weighted by Crippen LogP contribution is -2.22. The largest absolute Gasteiger partial charge is 0.469 e. The van der Waals surface area contributed by atoms with Crippen LogP contribution in [-0.4, -0.2) is 33.8 Å². The third kappa shape index (κ3) is 7.48. The second-order valence-corrected chi connectivity index (χ2v) is 4.53. The Morgan fingerprint density at radius 2 is 2.15 bits per heavy atom. The van der Waals surface area contributed by atoms with E-state index in [0.717, 1.165) is 11.7 Å². The van der Waals surface area contributed by atoms with Gasteiger partial charge in [0.2, 0.25) is 0 Å². The minimum atomic E-state index is -3.17. The lowest BCUT2D eigenvalue weighted by Gasteiger charge is -2.03. The number of carbonyl (C=O) groups is 1. The zero-order valence-corrected chi connectivity index (χ0v) is 8.37. The van der Waals surface area contributed by atoms with Crippen LogP contribution in [0.5, 0.6) is 0 Å². The van der Waals surface area contributed by atoms with Gasteiger partial charge in [0.15, 0.2) is 9.84 Å². The number of hydrogen-bond acceptors (Lipinski definition) is 5. The first-order valence-electron chi connectivity index (χ1n) is 3.56. The summed E-state index contributed by atoms with van der Waals surface area (Å²) in [7, 11) is -1.93. The van der Waals surface area contributed by atoms with Gasteiger partial charge in [-0.05, 0) is 0 Å². The standard InChI is InChI=1S/C7H13NO4S/c1-12-7(9)5-6(8)3-4-13(2,10)11/h3-4,6H,5,8H2,1-2H3/b4-3+. The Morgan fingerprint density at radius 1 is 1.62 bits per heavy atom. The topological polar surface area (TPSA) is 86.5 Å². The van der Waals surface area contributed by atoms with Crippen molar-refractivity contribution in [3.05, 3.63) is 11.5 Å². The van der Waals surface area contributed by atoms with Crippen LogP contribution in [0.3, 0.4) is 0 Å². The number of esters is 1. The van der Waals surface area contributed by atoms with Crippen molar-refractivity contribution in [1.29, 1.82) is 0 Å². The lowest BCUT2D eigenvalue weighted by atomic mass is 10.2. The van der Waals surface area contributed by atoms with Gasteiger partial charge in [0.1, 0.15) is 0 Å². The molecule has 0 heterocycles. The van der Waals surface area contributed by atoms with E-state index in [9.17, 15) is 13.2 Å².